The molecule has 0 aliphatic carbocycles. The molecule has 2 aromatic heterocycles. The van der Waals surface area contributed by atoms with Crippen molar-refractivity contribution in [2.45, 2.75) is 38.4 Å². The zero-order valence-corrected chi connectivity index (χ0v) is 19.8. The summed E-state index contributed by atoms with van der Waals surface area (Å²) in [6.45, 7) is 6.05. The molecule has 1 aliphatic heterocycles. The van der Waals surface area contributed by atoms with Crippen LogP contribution in [0.3, 0.4) is 0 Å². The molecule has 0 saturated heterocycles. The Bertz CT molecular complexity index is 1390. The SMILES string of the molecule is Cc1sc2nc(SCC(=O)N3c4ccccc4C[C@@H]3C)n(-c3ccccc3)c(=O)c2c1C. The molecule has 0 radical (unpaired) electrons. The van der Waals surface area contributed by atoms with Crippen LogP contribution >= 0.6 is 23.1 Å². The molecule has 0 N–H and O–H groups in total. The lowest BCUT2D eigenvalue weighted by atomic mass is 10.1. The first-order chi connectivity index (χ1) is 15.5. The number of aryl methyl sites for hydroxylation is 2. The van der Waals surface area contributed by atoms with Crippen LogP contribution in [0.2, 0.25) is 0 Å². The molecule has 0 saturated carbocycles. The van der Waals surface area contributed by atoms with Gasteiger partial charge in [-0.3, -0.25) is 14.2 Å². The van der Waals surface area contributed by atoms with Gasteiger partial charge in [-0.25, -0.2) is 4.98 Å². The van der Waals surface area contributed by atoms with Gasteiger partial charge in [0.15, 0.2) is 5.16 Å². The van der Waals surface area contributed by atoms with Crippen molar-refractivity contribution in [3.8, 4) is 5.69 Å². The number of carbonyl (C=O) groups excluding carboxylic acids is 1. The summed E-state index contributed by atoms with van der Waals surface area (Å²) < 4.78 is 1.64. The number of fused-ring (bicyclic) bond motifs is 2. The van der Waals surface area contributed by atoms with Crippen molar-refractivity contribution in [2.75, 3.05) is 10.7 Å². The summed E-state index contributed by atoms with van der Waals surface area (Å²) in [6.07, 6.45) is 0.860. The molecule has 0 fully saturated rings. The van der Waals surface area contributed by atoms with E-state index in [9.17, 15) is 9.59 Å². The number of carbonyl (C=O) groups is 1. The lowest BCUT2D eigenvalue weighted by Crippen LogP contribution is -2.37. The van der Waals surface area contributed by atoms with Crippen molar-refractivity contribution in [1.82, 2.24) is 9.55 Å². The lowest BCUT2D eigenvalue weighted by Gasteiger charge is -2.22. The maximum Gasteiger partial charge on any atom is 0.267 e. The van der Waals surface area contributed by atoms with E-state index in [0.717, 1.165) is 33.1 Å². The number of para-hydroxylation sites is 2. The van der Waals surface area contributed by atoms with Crippen molar-refractivity contribution in [3.63, 3.8) is 0 Å². The second kappa shape index (κ2) is 8.22. The number of aromatic nitrogens is 2. The summed E-state index contributed by atoms with van der Waals surface area (Å²) in [5, 5.41) is 1.21. The van der Waals surface area contributed by atoms with Crippen LogP contribution < -0.4 is 10.5 Å². The Morgan fingerprint density at radius 3 is 2.62 bits per heavy atom. The number of nitrogens with zero attached hydrogens (tertiary/aromatic N) is 3. The van der Waals surface area contributed by atoms with Crippen LogP contribution in [0.1, 0.15) is 22.9 Å². The molecule has 0 spiro atoms. The topological polar surface area (TPSA) is 55.2 Å². The van der Waals surface area contributed by atoms with Crippen LogP contribution in [-0.2, 0) is 11.2 Å². The van der Waals surface area contributed by atoms with Crippen molar-refractivity contribution in [2.24, 2.45) is 0 Å². The fourth-order valence-electron chi connectivity index (χ4n) is 4.32. The summed E-state index contributed by atoms with van der Waals surface area (Å²) in [7, 11) is 0. The smallest absolute Gasteiger partial charge is 0.267 e. The Kier molecular flexibility index (Phi) is 5.39. The van der Waals surface area contributed by atoms with Crippen LogP contribution in [0.25, 0.3) is 15.9 Å². The Morgan fingerprint density at radius 1 is 1.12 bits per heavy atom. The number of anilines is 1. The third kappa shape index (κ3) is 3.45. The maximum absolute atomic E-state index is 13.5. The molecule has 162 valence electrons. The highest BCUT2D eigenvalue weighted by Crippen LogP contribution is 2.34. The molecule has 3 heterocycles. The van der Waals surface area contributed by atoms with Gasteiger partial charge in [0, 0.05) is 16.6 Å². The minimum atomic E-state index is -0.0853. The van der Waals surface area contributed by atoms with Crippen molar-refractivity contribution >= 4 is 44.9 Å². The van der Waals surface area contributed by atoms with Gasteiger partial charge in [-0.15, -0.1) is 11.3 Å². The van der Waals surface area contributed by atoms with Gasteiger partial charge in [0.05, 0.1) is 16.8 Å². The van der Waals surface area contributed by atoms with E-state index in [1.54, 1.807) is 4.57 Å². The molecule has 0 bridgehead atoms. The van der Waals surface area contributed by atoms with E-state index < -0.39 is 0 Å². The van der Waals surface area contributed by atoms with E-state index in [2.05, 4.69) is 13.0 Å². The number of rotatable bonds is 4. The van der Waals surface area contributed by atoms with E-state index in [-0.39, 0.29) is 23.3 Å². The molecule has 5 nitrogen and oxygen atoms in total. The van der Waals surface area contributed by atoms with Gasteiger partial charge in [0.1, 0.15) is 4.83 Å². The highest BCUT2D eigenvalue weighted by atomic mass is 32.2. The largest absolute Gasteiger partial charge is 0.308 e. The Hall–Kier alpha value is -2.90. The number of hydrogen-bond acceptors (Lipinski definition) is 5. The normalized spacial score (nSPS) is 15.3. The molecule has 1 atom stereocenters. The third-order valence-electron chi connectivity index (χ3n) is 5.99. The quantitative estimate of drug-likeness (QED) is 0.312. The maximum atomic E-state index is 13.5. The average molecular weight is 462 g/mol. The Labute approximate surface area is 194 Å². The minimum Gasteiger partial charge on any atom is -0.308 e. The van der Waals surface area contributed by atoms with Crippen molar-refractivity contribution < 1.29 is 4.79 Å². The Balaban J connectivity index is 1.53. The zero-order chi connectivity index (χ0) is 22.4. The highest BCUT2D eigenvalue weighted by Gasteiger charge is 2.30. The lowest BCUT2D eigenvalue weighted by molar-refractivity contribution is -0.116. The fourth-order valence-corrected chi connectivity index (χ4v) is 6.26. The summed E-state index contributed by atoms with van der Waals surface area (Å²) in [5.41, 5.74) is 3.83. The molecule has 5 rings (SSSR count). The standard InChI is InChI=1S/C25H23N3O2S2/c1-15-13-18-9-7-8-12-20(18)27(15)21(29)14-31-25-26-23-22(16(2)17(3)32-23)24(30)28(25)19-10-5-4-6-11-19/h4-12,15H,13-14H2,1-3H3/t15-/m0/s1. The predicted octanol–water partition coefficient (Wildman–Crippen LogP) is 5.13. The van der Waals surface area contributed by atoms with Gasteiger partial charge in [0.25, 0.3) is 5.56 Å². The van der Waals surface area contributed by atoms with E-state index in [1.807, 2.05) is 67.3 Å². The molecule has 1 amide bonds. The first kappa shape index (κ1) is 21.0. The van der Waals surface area contributed by atoms with Gasteiger partial charge in [0.2, 0.25) is 5.91 Å². The van der Waals surface area contributed by atoms with E-state index in [1.165, 1.54) is 28.7 Å². The summed E-state index contributed by atoms with van der Waals surface area (Å²) in [4.78, 5) is 35.3. The molecular formula is C25H23N3O2S2. The van der Waals surface area contributed by atoms with Gasteiger partial charge >= 0.3 is 0 Å². The van der Waals surface area contributed by atoms with Crippen LogP contribution in [0.15, 0.2) is 64.5 Å². The number of thioether (sulfide) groups is 1. The third-order valence-corrected chi connectivity index (χ3v) is 8.01. The van der Waals surface area contributed by atoms with Crippen molar-refractivity contribution in [3.05, 3.63) is 81.0 Å². The second-order valence-electron chi connectivity index (χ2n) is 8.07. The zero-order valence-electron chi connectivity index (χ0n) is 18.2. The molecule has 0 unspecified atom stereocenters. The average Bonchev–Trinajstić information content (AvgIpc) is 3.27. The van der Waals surface area contributed by atoms with Crippen molar-refractivity contribution in [1.29, 1.82) is 0 Å². The molecule has 2 aromatic carbocycles. The number of amides is 1. The summed E-state index contributed by atoms with van der Waals surface area (Å²) in [5.74, 6) is 0.243. The van der Waals surface area contributed by atoms with Crippen LogP contribution in [-0.4, -0.2) is 27.3 Å². The Morgan fingerprint density at radius 2 is 1.84 bits per heavy atom. The van der Waals surface area contributed by atoms with E-state index in [0.29, 0.717) is 10.5 Å². The molecule has 1 aliphatic rings. The summed E-state index contributed by atoms with van der Waals surface area (Å²) >= 11 is 2.85. The highest BCUT2D eigenvalue weighted by molar-refractivity contribution is 7.99. The predicted molar refractivity (Wildman–Crippen MR) is 133 cm³/mol. The van der Waals surface area contributed by atoms with Gasteiger partial charge in [-0.05, 0) is 56.5 Å². The van der Waals surface area contributed by atoms with Crippen LogP contribution in [0.5, 0.6) is 0 Å². The number of thiophene rings is 1. The van der Waals surface area contributed by atoms with Gasteiger partial charge < -0.3 is 4.90 Å². The monoisotopic (exact) mass is 461 g/mol. The van der Waals surface area contributed by atoms with Gasteiger partial charge in [-0.2, -0.15) is 0 Å². The molecular weight excluding hydrogens is 438 g/mol. The van der Waals surface area contributed by atoms with E-state index >= 15 is 0 Å². The molecule has 32 heavy (non-hydrogen) atoms. The van der Waals surface area contributed by atoms with E-state index in [4.69, 9.17) is 4.98 Å². The molecule has 4 aromatic rings. The fraction of sp³-hybridized carbons (Fsp3) is 0.240. The first-order valence-corrected chi connectivity index (χ1v) is 12.4. The first-order valence-electron chi connectivity index (χ1n) is 10.6. The minimum absolute atomic E-state index is 0.0277. The number of benzene rings is 2. The summed E-state index contributed by atoms with van der Waals surface area (Å²) in [6, 6.07) is 17.7. The number of hydrogen-bond donors (Lipinski definition) is 0. The van der Waals surface area contributed by atoms with Crippen LogP contribution in [0, 0.1) is 13.8 Å². The van der Waals surface area contributed by atoms with Crippen LogP contribution in [0.4, 0.5) is 5.69 Å². The van der Waals surface area contributed by atoms with Gasteiger partial charge in [-0.1, -0.05) is 48.2 Å². The molecule has 7 heteroatoms. The second-order valence-corrected chi connectivity index (χ2v) is 10.2.